The fourth-order valence-electron chi connectivity index (χ4n) is 3.49. The predicted molar refractivity (Wildman–Crippen MR) is 105 cm³/mol. The Labute approximate surface area is 164 Å². The molecule has 0 saturated carbocycles. The first-order chi connectivity index (χ1) is 13.0. The van der Waals surface area contributed by atoms with Crippen molar-refractivity contribution in [2.24, 2.45) is 5.92 Å². The highest BCUT2D eigenvalue weighted by atomic mass is 35.5. The number of methoxy groups -OCH3 is 1. The van der Waals surface area contributed by atoms with Crippen LogP contribution >= 0.6 is 11.6 Å². The molecule has 0 radical (unpaired) electrons. The van der Waals surface area contributed by atoms with E-state index >= 15 is 0 Å². The number of rotatable bonds is 7. The molecule has 2 N–H and O–H groups in total. The van der Waals surface area contributed by atoms with E-state index in [9.17, 15) is 4.79 Å². The van der Waals surface area contributed by atoms with Crippen molar-refractivity contribution in [2.45, 2.75) is 39.2 Å². The number of nitrogens with one attached hydrogen (secondary N) is 2. The average Bonchev–Trinajstić information content (AvgIpc) is 3.05. The van der Waals surface area contributed by atoms with Crippen LogP contribution in [0.4, 0.5) is 5.69 Å². The van der Waals surface area contributed by atoms with Crippen LogP contribution in [0.1, 0.15) is 37.3 Å². The van der Waals surface area contributed by atoms with E-state index in [2.05, 4.69) is 25.4 Å². The van der Waals surface area contributed by atoms with Crippen LogP contribution in [0.3, 0.4) is 0 Å². The van der Waals surface area contributed by atoms with E-state index in [1.165, 1.54) is 0 Å². The highest BCUT2D eigenvalue weighted by molar-refractivity contribution is 6.32. The van der Waals surface area contributed by atoms with Gasteiger partial charge in [0, 0.05) is 18.7 Å². The van der Waals surface area contributed by atoms with Gasteiger partial charge in [-0.25, -0.2) is 4.98 Å². The van der Waals surface area contributed by atoms with Crippen LogP contribution in [-0.2, 0) is 11.3 Å². The van der Waals surface area contributed by atoms with E-state index in [-0.39, 0.29) is 5.91 Å². The SMILES string of the molecule is COc1ccc(NC(=O)CC[C@H]2CCCN(Cc3n[nH]c(C)n3)C2)cc1Cl. The number of carbonyl (C=O) groups is 1. The van der Waals surface area contributed by atoms with Gasteiger partial charge >= 0.3 is 0 Å². The molecule has 0 spiro atoms. The number of likely N-dealkylation sites (tertiary alicyclic amines) is 1. The maximum absolute atomic E-state index is 12.3. The number of aryl methyl sites for hydroxylation is 1. The monoisotopic (exact) mass is 391 g/mol. The molecule has 8 heteroatoms. The number of aromatic nitrogens is 3. The molecular weight excluding hydrogens is 366 g/mol. The molecule has 1 aliphatic heterocycles. The second kappa shape index (κ2) is 9.19. The number of carbonyl (C=O) groups excluding carboxylic acids is 1. The van der Waals surface area contributed by atoms with E-state index in [1.54, 1.807) is 25.3 Å². The smallest absolute Gasteiger partial charge is 0.224 e. The molecule has 1 aliphatic rings. The van der Waals surface area contributed by atoms with Crippen molar-refractivity contribution < 1.29 is 9.53 Å². The molecule has 1 saturated heterocycles. The molecule has 1 aromatic carbocycles. The lowest BCUT2D eigenvalue weighted by Gasteiger charge is -2.31. The van der Waals surface area contributed by atoms with Gasteiger partial charge in [-0.05, 0) is 56.8 Å². The minimum Gasteiger partial charge on any atom is -0.495 e. The lowest BCUT2D eigenvalue weighted by molar-refractivity contribution is -0.116. The van der Waals surface area contributed by atoms with Gasteiger partial charge in [-0.3, -0.25) is 14.8 Å². The fraction of sp³-hybridized carbons (Fsp3) is 0.526. The highest BCUT2D eigenvalue weighted by Crippen LogP contribution is 2.27. The first-order valence-electron chi connectivity index (χ1n) is 9.27. The second-order valence-corrected chi connectivity index (χ2v) is 7.42. The van der Waals surface area contributed by atoms with Gasteiger partial charge in [-0.2, -0.15) is 5.10 Å². The van der Waals surface area contributed by atoms with Crippen molar-refractivity contribution in [1.82, 2.24) is 20.1 Å². The van der Waals surface area contributed by atoms with Crippen molar-refractivity contribution in [2.75, 3.05) is 25.5 Å². The maximum atomic E-state index is 12.3. The average molecular weight is 392 g/mol. The van der Waals surface area contributed by atoms with Crippen LogP contribution in [0.25, 0.3) is 0 Å². The minimum atomic E-state index is 0.0120. The molecule has 0 unspecified atom stereocenters. The Hall–Kier alpha value is -2.12. The first-order valence-corrected chi connectivity index (χ1v) is 9.65. The lowest BCUT2D eigenvalue weighted by atomic mass is 9.93. The number of hydrogen-bond donors (Lipinski definition) is 2. The second-order valence-electron chi connectivity index (χ2n) is 7.02. The summed E-state index contributed by atoms with van der Waals surface area (Å²) in [7, 11) is 1.57. The van der Waals surface area contributed by atoms with E-state index < -0.39 is 0 Å². The molecule has 7 nitrogen and oxygen atoms in total. The molecular formula is C19H26ClN5O2. The lowest BCUT2D eigenvalue weighted by Crippen LogP contribution is -2.35. The van der Waals surface area contributed by atoms with Gasteiger partial charge < -0.3 is 10.1 Å². The van der Waals surface area contributed by atoms with Crippen LogP contribution in [0.5, 0.6) is 5.75 Å². The number of nitrogens with zero attached hydrogens (tertiary/aromatic N) is 3. The zero-order valence-corrected chi connectivity index (χ0v) is 16.6. The number of ether oxygens (including phenoxy) is 1. The third-order valence-electron chi connectivity index (χ3n) is 4.83. The maximum Gasteiger partial charge on any atom is 0.224 e. The van der Waals surface area contributed by atoms with Crippen molar-refractivity contribution in [3.8, 4) is 5.75 Å². The molecule has 1 fully saturated rings. The summed E-state index contributed by atoms with van der Waals surface area (Å²) in [6, 6.07) is 5.26. The summed E-state index contributed by atoms with van der Waals surface area (Å²) in [6.45, 7) is 4.71. The number of benzene rings is 1. The summed E-state index contributed by atoms with van der Waals surface area (Å²) in [5.41, 5.74) is 0.691. The zero-order valence-electron chi connectivity index (χ0n) is 15.8. The molecule has 3 rings (SSSR count). The van der Waals surface area contributed by atoms with Gasteiger partial charge in [0.15, 0.2) is 5.82 Å². The largest absolute Gasteiger partial charge is 0.495 e. The molecule has 146 valence electrons. The van der Waals surface area contributed by atoms with Crippen molar-refractivity contribution in [3.63, 3.8) is 0 Å². The van der Waals surface area contributed by atoms with E-state index in [0.29, 0.717) is 28.8 Å². The minimum absolute atomic E-state index is 0.0120. The Morgan fingerprint density at radius 3 is 3.04 bits per heavy atom. The number of H-pyrrole nitrogens is 1. The van der Waals surface area contributed by atoms with E-state index in [1.807, 2.05) is 6.92 Å². The quantitative estimate of drug-likeness (QED) is 0.755. The summed E-state index contributed by atoms with van der Waals surface area (Å²) in [5, 5.41) is 10.5. The summed E-state index contributed by atoms with van der Waals surface area (Å²) >= 11 is 6.10. The third kappa shape index (κ3) is 5.68. The van der Waals surface area contributed by atoms with Crippen molar-refractivity contribution in [3.05, 3.63) is 34.9 Å². The normalized spacial score (nSPS) is 17.7. The summed E-state index contributed by atoms with van der Waals surface area (Å²) in [5.74, 6) is 2.80. The van der Waals surface area contributed by atoms with E-state index in [4.69, 9.17) is 16.3 Å². The Morgan fingerprint density at radius 2 is 2.33 bits per heavy atom. The molecule has 1 aromatic heterocycles. The van der Waals surface area contributed by atoms with Crippen LogP contribution in [-0.4, -0.2) is 46.2 Å². The van der Waals surface area contributed by atoms with Gasteiger partial charge in [-0.1, -0.05) is 11.6 Å². The fourth-order valence-corrected chi connectivity index (χ4v) is 3.75. The van der Waals surface area contributed by atoms with Crippen LogP contribution in [0, 0.1) is 12.8 Å². The van der Waals surface area contributed by atoms with Crippen LogP contribution in [0.2, 0.25) is 5.02 Å². The number of aromatic amines is 1. The Morgan fingerprint density at radius 1 is 1.48 bits per heavy atom. The zero-order chi connectivity index (χ0) is 19.2. The van der Waals surface area contributed by atoms with Crippen molar-refractivity contribution in [1.29, 1.82) is 0 Å². The number of anilines is 1. The number of halogens is 1. The molecule has 27 heavy (non-hydrogen) atoms. The number of amides is 1. The standard InChI is InChI=1S/C19H26ClN5O2/c1-13-21-18(24-23-13)12-25-9-3-4-14(11-25)5-8-19(26)22-15-6-7-17(27-2)16(20)10-15/h6-7,10,14H,3-5,8-9,11-12H2,1-2H3,(H,22,26)(H,21,23,24)/t14-/m1/s1. The number of piperidine rings is 1. The highest BCUT2D eigenvalue weighted by Gasteiger charge is 2.21. The van der Waals surface area contributed by atoms with Crippen molar-refractivity contribution >= 4 is 23.2 Å². The van der Waals surface area contributed by atoms with Gasteiger partial charge in [0.05, 0.1) is 18.7 Å². The van der Waals surface area contributed by atoms with Gasteiger partial charge in [0.1, 0.15) is 11.6 Å². The van der Waals surface area contributed by atoms with Gasteiger partial charge in [-0.15, -0.1) is 0 Å². The third-order valence-corrected chi connectivity index (χ3v) is 5.12. The van der Waals surface area contributed by atoms with Gasteiger partial charge in [0.2, 0.25) is 5.91 Å². The Bertz CT molecular complexity index is 779. The van der Waals surface area contributed by atoms with Crippen LogP contribution in [0.15, 0.2) is 18.2 Å². The summed E-state index contributed by atoms with van der Waals surface area (Å²) in [6.07, 6.45) is 3.68. The van der Waals surface area contributed by atoms with Crippen LogP contribution < -0.4 is 10.1 Å². The predicted octanol–water partition coefficient (Wildman–Crippen LogP) is 3.41. The Kier molecular flexibility index (Phi) is 6.68. The molecule has 2 heterocycles. The molecule has 0 bridgehead atoms. The molecule has 0 aliphatic carbocycles. The van der Waals surface area contributed by atoms with Gasteiger partial charge in [0.25, 0.3) is 0 Å². The topological polar surface area (TPSA) is 83.1 Å². The summed E-state index contributed by atoms with van der Waals surface area (Å²) < 4.78 is 5.13. The Balaban J connectivity index is 1.44. The molecule has 1 amide bonds. The van der Waals surface area contributed by atoms with E-state index in [0.717, 1.165) is 50.5 Å². The first kappa shape index (κ1) is 19.6. The molecule has 1 atom stereocenters. The number of hydrogen-bond acceptors (Lipinski definition) is 5. The summed E-state index contributed by atoms with van der Waals surface area (Å²) in [4.78, 5) is 19.0. The molecule has 2 aromatic rings.